The zero-order valence-corrected chi connectivity index (χ0v) is 15.7. The Kier molecular flexibility index (Phi) is 6.28. The molecule has 0 saturated carbocycles. The fourth-order valence-corrected chi connectivity index (χ4v) is 2.61. The van der Waals surface area contributed by atoms with Crippen LogP contribution in [0.1, 0.15) is 21.8 Å². The summed E-state index contributed by atoms with van der Waals surface area (Å²) in [6.45, 7) is -1.66. The fraction of sp³-hybridized carbons (Fsp3) is 0.158. The monoisotopic (exact) mass is 426 g/mol. The second kappa shape index (κ2) is 8.87. The zero-order valence-electron chi connectivity index (χ0n) is 14.9. The number of nitrogens with zero attached hydrogens (tertiary/aromatic N) is 1. The number of benzene rings is 2. The Labute approximate surface area is 168 Å². The lowest BCUT2D eigenvalue weighted by atomic mass is 10.2. The number of carbonyl (C=O) groups excluding carboxylic acids is 1. The van der Waals surface area contributed by atoms with Gasteiger partial charge in [-0.3, -0.25) is 4.79 Å². The van der Waals surface area contributed by atoms with Gasteiger partial charge in [-0.15, -0.1) is 0 Å². The van der Waals surface area contributed by atoms with Crippen molar-refractivity contribution >= 4 is 23.2 Å². The van der Waals surface area contributed by atoms with E-state index in [-0.39, 0.29) is 18.0 Å². The second-order valence-electron chi connectivity index (χ2n) is 5.79. The molecule has 0 fully saturated rings. The standard InChI is InChI=1S/C19H14ClF3N2O4/c1-10-14(9-27-13-4-2-3-11(20)7-13)17(25-29-10)18(26)24-15-6-5-12(21)8-16(15)28-19(22)23/h2-8,19H,9H2,1H3,(H,24,26). The maximum Gasteiger partial charge on any atom is 0.387 e. The summed E-state index contributed by atoms with van der Waals surface area (Å²) in [6, 6.07) is 9.48. The molecule has 0 spiro atoms. The largest absolute Gasteiger partial charge is 0.489 e. The number of aromatic nitrogens is 1. The molecule has 6 nitrogen and oxygen atoms in total. The first kappa shape index (κ1) is 20.5. The number of halogens is 4. The normalized spacial score (nSPS) is 10.8. The molecule has 0 aliphatic rings. The molecule has 0 aliphatic heterocycles. The molecule has 2 aromatic carbocycles. The van der Waals surface area contributed by atoms with Crippen molar-refractivity contribution in [2.45, 2.75) is 20.1 Å². The van der Waals surface area contributed by atoms with Gasteiger partial charge in [0.1, 0.15) is 23.9 Å². The van der Waals surface area contributed by atoms with E-state index in [1.807, 2.05) is 0 Å². The van der Waals surface area contributed by atoms with E-state index in [1.165, 1.54) is 0 Å². The van der Waals surface area contributed by atoms with Gasteiger partial charge in [0.15, 0.2) is 11.4 Å². The van der Waals surface area contributed by atoms with E-state index in [0.29, 0.717) is 22.1 Å². The minimum atomic E-state index is -3.19. The number of amides is 1. The summed E-state index contributed by atoms with van der Waals surface area (Å²) in [5, 5.41) is 6.53. The van der Waals surface area contributed by atoms with Gasteiger partial charge in [0, 0.05) is 11.1 Å². The van der Waals surface area contributed by atoms with E-state index >= 15 is 0 Å². The van der Waals surface area contributed by atoms with Gasteiger partial charge in [0.25, 0.3) is 5.91 Å². The van der Waals surface area contributed by atoms with Crippen LogP contribution in [0.15, 0.2) is 47.0 Å². The topological polar surface area (TPSA) is 73.6 Å². The summed E-state index contributed by atoms with van der Waals surface area (Å²) in [5.41, 5.74) is 0.0804. The highest BCUT2D eigenvalue weighted by molar-refractivity contribution is 6.30. The molecule has 0 radical (unpaired) electrons. The van der Waals surface area contributed by atoms with Crippen LogP contribution in [-0.4, -0.2) is 17.7 Å². The van der Waals surface area contributed by atoms with E-state index in [0.717, 1.165) is 18.2 Å². The Hall–Kier alpha value is -3.20. The Morgan fingerprint density at radius 3 is 2.79 bits per heavy atom. The van der Waals surface area contributed by atoms with Crippen LogP contribution in [0.3, 0.4) is 0 Å². The van der Waals surface area contributed by atoms with E-state index < -0.39 is 24.1 Å². The summed E-state index contributed by atoms with van der Waals surface area (Å²) >= 11 is 5.90. The van der Waals surface area contributed by atoms with Crippen molar-refractivity contribution in [3.8, 4) is 11.5 Å². The third-order valence-electron chi connectivity index (χ3n) is 3.79. The molecular formula is C19H14ClF3N2O4. The van der Waals surface area contributed by atoms with Crippen molar-refractivity contribution in [2.24, 2.45) is 0 Å². The average Bonchev–Trinajstić information content (AvgIpc) is 3.02. The predicted octanol–water partition coefficient (Wildman–Crippen LogP) is 5.21. The number of nitrogens with one attached hydrogen (secondary N) is 1. The van der Waals surface area contributed by atoms with E-state index in [1.54, 1.807) is 31.2 Å². The molecule has 1 N–H and O–H groups in total. The molecule has 3 rings (SSSR count). The number of aryl methyl sites for hydroxylation is 1. The molecular weight excluding hydrogens is 413 g/mol. The third kappa shape index (κ3) is 5.20. The summed E-state index contributed by atoms with van der Waals surface area (Å²) in [6.07, 6.45) is 0. The maximum atomic E-state index is 13.3. The highest BCUT2D eigenvalue weighted by Gasteiger charge is 2.22. The Morgan fingerprint density at radius 1 is 1.28 bits per heavy atom. The summed E-state index contributed by atoms with van der Waals surface area (Å²) in [4.78, 5) is 12.6. The molecule has 10 heteroatoms. The Balaban J connectivity index is 1.79. The minimum Gasteiger partial charge on any atom is -0.489 e. The van der Waals surface area contributed by atoms with Crippen LogP contribution in [0, 0.1) is 12.7 Å². The van der Waals surface area contributed by atoms with Crippen molar-refractivity contribution in [1.29, 1.82) is 0 Å². The van der Waals surface area contributed by atoms with Crippen molar-refractivity contribution in [2.75, 3.05) is 5.32 Å². The number of rotatable bonds is 7. The van der Waals surface area contributed by atoms with Crippen LogP contribution in [0.5, 0.6) is 11.5 Å². The van der Waals surface area contributed by atoms with Crippen LogP contribution in [0.2, 0.25) is 5.02 Å². The van der Waals surface area contributed by atoms with Gasteiger partial charge in [-0.05, 0) is 37.3 Å². The molecule has 0 atom stereocenters. The van der Waals surface area contributed by atoms with Crippen LogP contribution in [0.4, 0.5) is 18.9 Å². The Bertz CT molecular complexity index is 1030. The van der Waals surface area contributed by atoms with Crippen LogP contribution >= 0.6 is 11.6 Å². The van der Waals surface area contributed by atoms with Crippen molar-refractivity contribution in [3.63, 3.8) is 0 Å². The first-order chi connectivity index (χ1) is 13.8. The number of hydrogen-bond donors (Lipinski definition) is 1. The van der Waals surface area contributed by atoms with Gasteiger partial charge < -0.3 is 19.3 Å². The number of ether oxygens (including phenoxy) is 2. The van der Waals surface area contributed by atoms with Crippen molar-refractivity contribution in [1.82, 2.24) is 5.16 Å². The summed E-state index contributed by atoms with van der Waals surface area (Å²) in [5.74, 6) is -1.29. The highest BCUT2D eigenvalue weighted by Crippen LogP contribution is 2.28. The number of hydrogen-bond acceptors (Lipinski definition) is 5. The van der Waals surface area contributed by atoms with Crippen LogP contribution in [0.25, 0.3) is 0 Å². The first-order valence-electron chi connectivity index (χ1n) is 8.22. The van der Waals surface area contributed by atoms with E-state index in [2.05, 4.69) is 15.2 Å². The quantitative estimate of drug-likeness (QED) is 0.561. The lowest BCUT2D eigenvalue weighted by molar-refractivity contribution is -0.0495. The maximum absolute atomic E-state index is 13.3. The highest BCUT2D eigenvalue weighted by atomic mass is 35.5. The summed E-state index contributed by atoms with van der Waals surface area (Å²) < 4.78 is 53.3. The van der Waals surface area contributed by atoms with Crippen molar-refractivity contribution < 1.29 is 32.0 Å². The van der Waals surface area contributed by atoms with Gasteiger partial charge in [-0.1, -0.05) is 22.8 Å². The lowest BCUT2D eigenvalue weighted by Gasteiger charge is -2.12. The minimum absolute atomic E-state index is 0.0533. The number of carbonyl (C=O) groups is 1. The SMILES string of the molecule is Cc1onc(C(=O)Nc2ccc(F)cc2OC(F)F)c1COc1cccc(Cl)c1. The number of anilines is 1. The molecule has 1 aromatic heterocycles. The molecule has 1 amide bonds. The smallest absolute Gasteiger partial charge is 0.387 e. The van der Waals surface area contributed by atoms with Crippen LogP contribution in [-0.2, 0) is 6.61 Å². The van der Waals surface area contributed by atoms with E-state index in [4.69, 9.17) is 20.9 Å². The van der Waals surface area contributed by atoms with Gasteiger partial charge in [0.2, 0.25) is 0 Å². The lowest BCUT2D eigenvalue weighted by Crippen LogP contribution is -2.17. The van der Waals surface area contributed by atoms with E-state index in [9.17, 15) is 18.0 Å². The molecule has 0 bridgehead atoms. The molecule has 0 unspecified atom stereocenters. The van der Waals surface area contributed by atoms with Crippen LogP contribution < -0.4 is 14.8 Å². The molecule has 0 saturated heterocycles. The molecule has 0 aliphatic carbocycles. The van der Waals surface area contributed by atoms with Crippen molar-refractivity contribution in [3.05, 3.63) is 70.3 Å². The zero-order chi connectivity index (χ0) is 21.0. The second-order valence-corrected chi connectivity index (χ2v) is 6.22. The molecule has 3 aromatic rings. The van der Waals surface area contributed by atoms with Gasteiger partial charge in [0.05, 0.1) is 11.3 Å². The first-order valence-corrected chi connectivity index (χ1v) is 8.60. The Morgan fingerprint density at radius 2 is 2.07 bits per heavy atom. The molecule has 29 heavy (non-hydrogen) atoms. The van der Waals surface area contributed by atoms with Gasteiger partial charge >= 0.3 is 6.61 Å². The van der Waals surface area contributed by atoms with Gasteiger partial charge in [-0.2, -0.15) is 8.78 Å². The third-order valence-corrected chi connectivity index (χ3v) is 4.02. The predicted molar refractivity (Wildman–Crippen MR) is 98.0 cm³/mol. The van der Waals surface area contributed by atoms with Gasteiger partial charge in [-0.25, -0.2) is 4.39 Å². The number of alkyl halides is 2. The fourth-order valence-electron chi connectivity index (χ4n) is 2.43. The average molecular weight is 427 g/mol. The molecule has 1 heterocycles. The summed E-state index contributed by atoms with van der Waals surface area (Å²) in [7, 11) is 0. The molecule has 152 valence electrons.